The second kappa shape index (κ2) is 7.11. The quantitative estimate of drug-likeness (QED) is 0.565. The van der Waals surface area contributed by atoms with Crippen molar-refractivity contribution in [1.29, 1.82) is 0 Å². The van der Waals surface area contributed by atoms with Gasteiger partial charge in [-0.15, -0.1) is 0 Å². The van der Waals surface area contributed by atoms with Crippen LogP contribution in [-0.2, 0) is 12.8 Å². The molecule has 2 aromatic carbocycles. The summed E-state index contributed by atoms with van der Waals surface area (Å²) in [6.07, 6.45) is 1.73. The van der Waals surface area contributed by atoms with E-state index in [4.69, 9.17) is 0 Å². The summed E-state index contributed by atoms with van der Waals surface area (Å²) in [4.78, 5) is 24.3. The number of fused-ring (bicyclic) bond motifs is 3. The lowest BCUT2D eigenvalue weighted by molar-refractivity contribution is 0.0915. The number of pyridine rings is 1. The van der Waals surface area contributed by atoms with Crippen LogP contribution in [0.25, 0.3) is 0 Å². The first-order valence-electron chi connectivity index (χ1n) is 9.71. The van der Waals surface area contributed by atoms with E-state index in [2.05, 4.69) is 5.32 Å². The van der Waals surface area contributed by atoms with Gasteiger partial charge in [-0.2, -0.15) is 0 Å². The molecule has 32 heavy (non-hydrogen) atoms. The summed E-state index contributed by atoms with van der Waals surface area (Å²) in [5, 5.41) is 14.2. The average molecular weight is 445 g/mol. The number of carbonyl (C=O) groups is 1. The Morgan fingerprint density at radius 3 is 1.97 bits per heavy atom. The summed E-state index contributed by atoms with van der Waals surface area (Å²) < 4.78 is 57.8. The molecule has 2 heterocycles. The van der Waals surface area contributed by atoms with Crippen LogP contribution in [-0.4, -0.2) is 22.4 Å². The Balaban J connectivity index is 1.81. The fourth-order valence-electron chi connectivity index (χ4n) is 4.38. The molecule has 10 heteroatoms. The average Bonchev–Trinajstić information content (AvgIpc) is 2.89. The molecule has 164 valence electrons. The Morgan fingerprint density at radius 1 is 0.875 bits per heavy atom. The van der Waals surface area contributed by atoms with Gasteiger partial charge in [0.15, 0.2) is 34.7 Å². The summed E-state index contributed by atoms with van der Waals surface area (Å²) in [6, 6.07) is 4.12. The van der Waals surface area contributed by atoms with Gasteiger partial charge >= 0.3 is 0 Å². The van der Waals surface area contributed by atoms with Gasteiger partial charge in [-0.05, 0) is 59.4 Å². The third kappa shape index (κ3) is 2.94. The van der Waals surface area contributed by atoms with Gasteiger partial charge in [0.2, 0.25) is 5.43 Å². The predicted molar refractivity (Wildman–Crippen MR) is 105 cm³/mol. The van der Waals surface area contributed by atoms with Crippen molar-refractivity contribution in [2.24, 2.45) is 0 Å². The van der Waals surface area contributed by atoms with Crippen molar-refractivity contribution in [3.63, 3.8) is 0 Å². The standard InChI is InChI=1S/C22H15F4N3O3/c23-14-5-10-1-2-11-6-15(24)17(26)8-13(11)19(12(10)7-16(14)25)29-9-27-22(32)20-21(31)18(30)3-4-28(20)29/h3-8,19,31H,1-2,9H2,(H,27,32). The van der Waals surface area contributed by atoms with Gasteiger partial charge in [0, 0.05) is 12.3 Å². The van der Waals surface area contributed by atoms with E-state index in [1.807, 2.05) is 0 Å². The molecule has 0 fully saturated rings. The molecule has 1 amide bonds. The largest absolute Gasteiger partial charge is 0.502 e. The third-order valence-electron chi connectivity index (χ3n) is 5.86. The number of halogens is 4. The van der Waals surface area contributed by atoms with Crippen LogP contribution in [0.1, 0.15) is 38.8 Å². The zero-order valence-electron chi connectivity index (χ0n) is 16.3. The Labute approximate surface area is 178 Å². The van der Waals surface area contributed by atoms with E-state index in [-0.39, 0.29) is 36.3 Å². The first-order chi connectivity index (χ1) is 15.3. The molecule has 1 aliphatic carbocycles. The van der Waals surface area contributed by atoms with E-state index in [9.17, 15) is 32.3 Å². The molecule has 0 spiro atoms. The van der Waals surface area contributed by atoms with E-state index < -0.39 is 46.4 Å². The fraction of sp³-hybridized carbons (Fsp3) is 0.182. The normalized spacial score (nSPS) is 15.5. The highest BCUT2D eigenvalue weighted by Gasteiger charge is 2.36. The van der Waals surface area contributed by atoms with Gasteiger partial charge in [-0.25, -0.2) is 17.6 Å². The maximum atomic E-state index is 14.3. The molecule has 0 saturated heterocycles. The Hall–Kier alpha value is -3.82. The molecule has 0 atom stereocenters. The number of benzene rings is 2. The highest BCUT2D eigenvalue weighted by molar-refractivity contribution is 5.96. The van der Waals surface area contributed by atoms with E-state index in [0.29, 0.717) is 11.1 Å². The van der Waals surface area contributed by atoms with Gasteiger partial charge in [0.05, 0.1) is 6.04 Å². The third-order valence-corrected chi connectivity index (χ3v) is 5.86. The highest BCUT2D eigenvalue weighted by atomic mass is 19.2. The Morgan fingerprint density at radius 2 is 1.41 bits per heavy atom. The van der Waals surface area contributed by atoms with Crippen molar-refractivity contribution in [2.75, 3.05) is 11.7 Å². The van der Waals surface area contributed by atoms with E-state index in [1.54, 1.807) is 0 Å². The fourth-order valence-corrected chi connectivity index (χ4v) is 4.38. The van der Waals surface area contributed by atoms with Crippen LogP contribution in [0.3, 0.4) is 0 Å². The zero-order valence-corrected chi connectivity index (χ0v) is 16.3. The molecule has 2 N–H and O–H groups in total. The number of aryl methyl sites for hydroxylation is 2. The topological polar surface area (TPSA) is 74.6 Å². The molecule has 2 aliphatic rings. The van der Waals surface area contributed by atoms with Gasteiger partial charge in [0.1, 0.15) is 6.67 Å². The molecule has 1 aromatic heterocycles. The maximum absolute atomic E-state index is 14.3. The summed E-state index contributed by atoms with van der Waals surface area (Å²) in [5.41, 5.74) is 0.282. The van der Waals surface area contributed by atoms with Crippen molar-refractivity contribution >= 4 is 5.91 Å². The van der Waals surface area contributed by atoms with Gasteiger partial charge < -0.3 is 10.4 Å². The molecular weight excluding hydrogens is 430 g/mol. The first-order valence-corrected chi connectivity index (χ1v) is 9.71. The first kappa shape index (κ1) is 20.1. The second-order valence-corrected chi connectivity index (χ2v) is 7.66. The summed E-state index contributed by atoms with van der Waals surface area (Å²) >= 11 is 0. The number of rotatable bonds is 1. The van der Waals surface area contributed by atoms with Crippen molar-refractivity contribution in [3.05, 3.63) is 98.0 Å². The minimum Gasteiger partial charge on any atom is -0.502 e. The Kier molecular flexibility index (Phi) is 4.47. The van der Waals surface area contributed by atoms with Crippen molar-refractivity contribution in [2.45, 2.75) is 18.9 Å². The molecule has 0 radical (unpaired) electrons. The van der Waals surface area contributed by atoms with Crippen LogP contribution in [0.15, 0.2) is 41.3 Å². The van der Waals surface area contributed by atoms with E-state index >= 15 is 0 Å². The maximum Gasteiger partial charge on any atom is 0.275 e. The number of hydrogen-bond acceptors (Lipinski definition) is 4. The molecule has 0 unspecified atom stereocenters. The smallest absolute Gasteiger partial charge is 0.275 e. The predicted octanol–water partition coefficient (Wildman–Crippen LogP) is 2.64. The number of hydrogen-bond donors (Lipinski definition) is 2. The molecule has 5 rings (SSSR count). The van der Waals surface area contributed by atoms with Crippen molar-refractivity contribution in [3.8, 4) is 5.75 Å². The minimum absolute atomic E-state index is 0.171. The number of aromatic nitrogens is 1. The van der Waals surface area contributed by atoms with Crippen LogP contribution in [0.5, 0.6) is 5.75 Å². The SMILES string of the molecule is O=C1NCN(C2c3cc(F)c(F)cc3CCc3cc(F)c(F)cc32)n2ccc(=O)c(O)c21. The van der Waals surface area contributed by atoms with Gasteiger partial charge in [-0.1, -0.05) is 0 Å². The lowest BCUT2D eigenvalue weighted by Gasteiger charge is -2.40. The van der Waals surface area contributed by atoms with Crippen LogP contribution in [0.4, 0.5) is 17.6 Å². The summed E-state index contributed by atoms with van der Waals surface area (Å²) in [5.74, 6) is -5.87. The molecule has 0 saturated carbocycles. The lowest BCUT2D eigenvalue weighted by Crippen LogP contribution is -2.53. The van der Waals surface area contributed by atoms with Gasteiger partial charge in [0.25, 0.3) is 5.91 Å². The number of aromatic hydroxyl groups is 1. The molecule has 1 aliphatic heterocycles. The molecule has 6 nitrogen and oxygen atoms in total. The van der Waals surface area contributed by atoms with Gasteiger partial charge in [-0.3, -0.25) is 19.3 Å². The van der Waals surface area contributed by atoms with Crippen LogP contribution in [0.2, 0.25) is 0 Å². The van der Waals surface area contributed by atoms with Crippen molar-refractivity contribution < 1.29 is 27.5 Å². The van der Waals surface area contributed by atoms with E-state index in [0.717, 1.165) is 30.3 Å². The summed E-state index contributed by atoms with van der Waals surface area (Å²) in [6.45, 7) is -0.171. The number of nitrogens with one attached hydrogen (secondary N) is 1. The Bertz CT molecular complexity index is 1300. The van der Waals surface area contributed by atoms with Crippen LogP contribution < -0.4 is 15.8 Å². The summed E-state index contributed by atoms with van der Waals surface area (Å²) in [7, 11) is 0. The zero-order chi connectivity index (χ0) is 22.7. The molecule has 0 bridgehead atoms. The monoisotopic (exact) mass is 445 g/mol. The molecule has 3 aromatic rings. The number of amides is 1. The van der Waals surface area contributed by atoms with Crippen LogP contribution >= 0.6 is 0 Å². The minimum atomic E-state index is -1.12. The lowest BCUT2D eigenvalue weighted by atomic mass is 9.93. The molecular formula is C22H15F4N3O3. The number of nitrogens with zero attached hydrogens (tertiary/aromatic N) is 2. The van der Waals surface area contributed by atoms with E-state index in [1.165, 1.54) is 15.9 Å². The highest BCUT2D eigenvalue weighted by Crippen LogP contribution is 2.38. The van der Waals surface area contributed by atoms with Crippen LogP contribution in [0, 0.1) is 23.3 Å². The van der Waals surface area contributed by atoms with Crippen molar-refractivity contribution in [1.82, 2.24) is 9.99 Å². The number of carbonyl (C=O) groups excluding carboxylic acids is 1. The second-order valence-electron chi connectivity index (χ2n) is 7.66.